The molecule has 0 amide bonds. The maximum atomic E-state index is 11.6. The van der Waals surface area contributed by atoms with Gasteiger partial charge in [0.1, 0.15) is 5.56 Å². The van der Waals surface area contributed by atoms with Gasteiger partial charge >= 0.3 is 5.69 Å². The van der Waals surface area contributed by atoms with Crippen molar-refractivity contribution in [2.75, 3.05) is 0 Å². The van der Waals surface area contributed by atoms with E-state index in [1.165, 1.54) is 6.08 Å². The average Bonchev–Trinajstić information content (AvgIpc) is 2.77. The molecule has 1 aromatic heterocycles. The van der Waals surface area contributed by atoms with Crippen LogP contribution in [0.2, 0.25) is 0 Å². The van der Waals surface area contributed by atoms with Crippen LogP contribution in [0.4, 0.5) is 5.69 Å². The number of rotatable bonds is 1. The molecular weight excluding hydrogens is 246 g/mol. The van der Waals surface area contributed by atoms with Crippen LogP contribution in [-0.4, -0.2) is 21.3 Å². The molecule has 1 aliphatic rings. The SMILES string of the molecule is O=c1[nH]c(O)c(C=C2C=Nc3ccccc32)c(=O)[nH]1. The largest absolute Gasteiger partial charge is 0.494 e. The zero-order valence-corrected chi connectivity index (χ0v) is 9.68. The molecule has 6 heteroatoms. The summed E-state index contributed by atoms with van der Waals surface area (Å²) in [7, 11) is 0. The molecule has 0 bridgehead atoms. The Bertz CT molecular complexity index is 828. The van der Waals surface area contributed by atoms with Gasteiger partial charge in [-0.3, -0.25) is 19.8 Å². The molecule has 19 heavy (non-hydrogen) atoms. The minimum absolute atomic E-state index is 0.00208. The molecule has 6 nitrogen and oxygen atoms in total. The van der Waals surface area contributed by atoms with E-state index in [4.69, 9.17) is 0 Å². The number of hydrogen-bond acceptors (Lipinski definition) is 4. The first-order chi connectivity index (χ1) is 9.15. The first-order valence-corrected chi connectivity index (χ1v) is 5.56. The van der Waals surface area contributed by atoms with Crippen LogP contribution in [-0.2, 0) is 0 Å². The molecule has 1 aliphatic heterocycles. The van der Waals surface area contributed by atoms with E-state index in [0.717, 1.165) is 11.3 Å². The van der Waals surface area contributed by atoms with Crippen molar-refractivity contribution < 1.29 is 5.11 Å². The van der Waals surface area contributed by atoms with Crippen LogP contribution in [0.1, 0.15) is 11.1 Å². The summed E-state index contributed by atoms with van der Waals surface area (Å²) < 4.78 is 0. The Morgan fingerprint density at radius 3 is 2.74 bits per heavy atom. The summed E-state index contributed by atoms with van der Waals surface area (Å²) in [6.07, 6.45) is 3.09. The Balaban J connectivity index is 2.18. The highest BCUT2D eigenvalue weighted by atomic mass is 16.3. The standard InChI is InChI=1S/C13H9N3O3/c17-11-9(12(18)16-13(19)15-11)5-7-6-14-10-4-2-1-3-8(7)10/h1-6H,(H3,15,16,17,18,19). The topological polar surface area (TPSA) is 98.3 Å². The summed E-state index contributed by atoms with van der Waals surface area (Å²) in [6.45, 7) is 0. The third-order valence-corrected chi connectivity index (χ3v) is 2.82. The van der Waals surface area contributed by atoms with Gasteiger partial charge in [0, 0.05) is 17.4 Å². The van der Waals surface area contributed by atoms with Gasteiger partial charge in [-0.25, -0.2) is 4.79 Å². The Morgan fingerprint density at radius 2 is 1.95 bits per heavy atom. The van der Waals surface area contributed by atoms with Gasteiger partial charge in [-0.2, -0.15) is 0 Å². The summed E-state index contributed by atoms with van der Waals surface area (Å²) in [5.41, 5.74) is 0.972. The van der Waals surface area contributed by atoms with Gasteiger partial charge in [0.05, 0.1) is 5.69 Å². The molecule has 2 aromatic rings. The van der Waals surface area contributed by atoms with Crippen molar-refractivity contribution in [2.45, 2.75) is 0 Å². The van der Waals surface area contributed by atoms with Crippen molar-refractivity contribution in [1.29, 1.82) is 0 Å². The number of fused-ring (bicyclic) bond motifs is 1. The van der Waals surface area contributed by atoms with Crippen molar-refractivity contribution in [3.8, 4) is 5.88 Å². The molecule has 0 atom stereocenters. The maximum absolute atomic E-state index is 11.6. The van der Waals surface area contributed by atoms with Crippen molar-refractivity contribution in [3.63, 3.8) is 0 Å². The van der Waals surface area contributed by atoms with E-state index in [-0.39, 0.29) is 5.56 Å². The van der Waals surface area contributed by atoms with Gasteiger partial charge in [-0.15, -0.1) is 0 Å². The molecule has 1 aromatic carbocycles. The number of benzene rings is 1. The minimum atomic E-state index is -0.745. The quantitative estimate of drug-likeness (QED) is 0.709. The van der Waals surface area contributed by atoms with Crippen LogP contribution in [0.3, 0.4) is 0 Å². The third kappa shape index (κ3) is 1.89. The number of aliphatic imine (C=N–C) groups is 1. The maximum Gasteiger partial charge on any atom is 0.328 e. The van der Waals surface area contributed by atoms with E-state index >= 15 is 0 Å². The zero-order chi connectivity index (χ0) is 13.4. The normalized spacial score (nSPS) is 14.8. The molecule has 0 saturated carbocycles. The predicted molar refractivity (Wildman–Crippen MR) is 71.8 cm³/mol. The molecule has 0 radical (unpaired) electrons. The summed E-state index contributed by atoms with van der Waals surface area (Å²) >= 11 is 0. The van der Waals surface area contributed by atoms with Gasteiger partial charge in [0.15, 0.2) is 0 Å². The summed E-state index contributed by atoms with van der Waals surface area (Å²) in [6, 6.07) is 7.44. The lowest BCUT2D eigenvalue weighted by atomic mass is 10.1. The summed E-state index contributed by atoms with van der Waals surface area (Å²) in [5, 5.41) is 9.62. The van der Waals surface area contributed by atoms with Gasteiger partial charge in [0.25, 0.3) is 5.56 Å². The van der Waals surface area contributed by atoms with E-state index in [2.05, 4.69) is 15.0 Å². The second-order valence-electron chi connectivity index (χ2n) is 4.05. The highest BCUT2D eigenvalue weighted by Crippen LogP contribution is 2.32. The molecule has 94 valence electrons. The van der Waals surface area contributed by atoms with Gasteiger partial charge < -0.3 is 5.11 Å². The number of nitrogens with zero attached hydrogens (tertiary/aromatic N) is 1. The molecule has 3 rings (SSSR count). The number of aromatic nitrogens is 2. The first-order valence-electron chi connectivity index (χ1n) is 5.56. The number of para-hydroxylation sites is 1. The van der Waals surface area contributed by atoms with Crippen LogP contribution in [0, 0.1) is 0 Å². The number of aromatic amines is 2. The van der Waals surface area contributed by atoms with Crippen molar-refractivity contribution >= 4 is 23.6 Å². The summed E-state index contributed by atoms with van der Waals surface area (Å²) in [5.74, 6) is -0.459. The Kier molecular flexibility index (Phi) is 2.42. The zero-order valence-electron chi connectivity index (χ0n) is 9.68. The van der Waals surface area contributed by atoms with Gasteiger partial charge in [-0.05, 0) is 12.1 Å². The van der Waals surface area contributed by atoms with Crippen LogP contribution in [0.5, 0.6) is 5.88 Å². The lowest BCUT2D eigenvalue weighted by Crippen LogP contribution is -2.23. The molecule has 0 fully saturated rings. The number of nitrogens with one attached hydrogen (secondary N) is 2. The van der Waals surface area contributed by atoms with Crippen LogP contribution in [0.15, 0.2) is 38.8 Å². The Hall–Kier alpha value is -2.89. The van der Waals surface area contributed by atoms with E-state index in [9.17, 15) is 14.7 Å². The first kappa shape index (κ1) is 11.2. The van der Waals surface area contributed by atoms with Gasteiger partial charge in [0.2, 0.25) is 5.88 Å². The van der Waals surface area contributed by atoms with E-state index in [1.54, 1.807) is 6.21 Å². The van der Waals surface area contributed by atoms with Crippen LogP contribution < -0.4 is 11.2 Å². The molecule has 0 saturated heterocycles. The van der Waals surface area contributed by atoms with E-state index < -0.39 is 17.1 Å². The lowest BCUT2D eigenvalue weighted by Gasteiger charge is -2.00. The minimum Gasteiger partial charge on any atom is -0.494 e. The van der Waals surface area contributed by atoms with Crippen LogP contribution >= 0.6 is 0 Å². The fraction of sp³-hybridized carbons (Fsp3) is 0. The fourth-order valence-corrected chi connectivity index (χ4v) is 1.93. The number of H-pyrrole nitrogens is 2. The highest BCUT2D eigenvalue weighted by Gasteiger charge is 2.13. The fourth-order valence-electron chi connectivity index (χ4n) is 1.93. The summed E-state index contributed by atoms with van der Waals surface area (Å²) in [4.78, 5) is 31.0. The van der Waals surface area contributed by atoms with Gasteiger partial charge in [-0.1, -0.05) is 18.2 Å². The van der Waals surface area contributed by atoms with Crippen molar-refractivity contribution in [1.82, 2.24) is 9.97 Å². The number of allylic oxidation sites excluding steroid dienone is 1. The Labute approximate surface area is 106 Å². The number of aromatic hydroxyl groups is 1. The molecule has 0 spiro atoms. The van der Waals surface area contributed by atoms with E-state index in [0.29, 0.717) is 5.57 Å². The molecular formula is C13H9N3O3. The predicted octanol–water partition coefficient (Wildman–Crippen LogP) is 1.03. The molecule has 2 heterocycles. The Morgan fingerprint density at radius 1 is 1.16 bits per heavy atom. The second-order valence-corrected chi connectivity index (χ2v) is 4.05. The smallest absolute Gasteiger partial charge is 0.328 e. The van der Waals surface area contributed by atoms with Crippen molar-refractivity contribution in [3.05, 3.63) is 56.2 Å². The van der Waals surface area contributed by atoms with Crippen molar-refractivity contribution in [2.24, 2.45) is 4.99 Å². The average molecular weight is 255 g/mol. The molecule has 0 unspecified atom stereocenters. The number of hydrogen-bond donors (Lipinski definition) is 3. The van der Waals surface area contributed by atoms with E-state index in [1.807, 2.05) is 24.3 Å². The lowest BCUT2D eigenvalue weighted by molar-refractivity contribution is 0.447. The molecule has 0 aliphatic carbocycles. The second kappa shape index (κ2) is 4.09. The highest BCUT2D eigenvalue weighted by molar-refractivity contribution is 6.21. The van der Waals surface area contributed by atoms with Crippen LogP contribution in [0.25, 0.3) is 11.6 Å². The third-order valence-electron chi connectivity index (χ3n) is 2.82. The monoisotopic (exact) mass is 255 g/mol. The molecule has 3 N–H and O–H groups in total.